The number of aromatic carboxylic acids is 2. The highest BCUT2D eigenvalue weighted by Crippen LogP contribution is 2.19. The lowest BCUT2D eigenvalue weighted by molar-refractivity contribution is 0.0650. The van der Waals surface area contributed by atoms with Crippen molar-refractivity contribution in [3.05, 3.63) is 34.9 Å². The number of hydrogen-bond donors (Lipinski definition) is 3. The first-order valence-electron chi connectivity index (χ1n) is 13.3. The van der Waals surface area contributed by atoms with Gasteiger partial charge in [-0.3, -0.25) is 0 Å². The number of nitrogens with two attached hydrogens (primary N) is 1. The molecule has 0 fully saturated rings. The molecule has 190 valence electrons. The molecular formula is C28H49NO4. The Balaban J connectivity index is 0.000000785. The summed E-state index contributed by atoms with van der Waals surface area (Å²) in [7, 11) is 0. The fourth-order valence-electron chi connectivity index (χ4n) is 3.97. The van der Waals surface area contributed by atoms with Crippen LogP contribution >= 0.6 is 0 Å². The monoisotopic (exact) mass is 463 g/mol. The second-order valence-corrected chi connectivity index (χ2v) is 8.94. The normalized spacial score (nSPS) is 10.5. The number of rotatable bonds is 19. The smallest absolute Gasteiger partial charge is 0.336 e. The molecule has 0 amide bonds. The second-order valence-electron chi connectivity index (χ2n) is 8.94. The van der Waals surface area contributed by atoms with Crippen molar-refractivity contribution in [1.82, 2.24) is 0 Å². The van der Waals surface area contributed by atoms with Crippen molar-refractivity contribution in [3.63, 3.8) is 0 Å². The van der Waals surface area contributed by atoms with Crippen LogP contribution in [0.2, 0.25) is 0 Å². The number of benzene rings is 1. The molecule has 0 aliphatic heterocycles. The summed E-state index contributed by atoms with van der Waals surface area (Å²) in [6, 6.07) is 4.69. The Morgan fingerprint density at radius 2 is 1.12 bits per heavy atom. The zero-order chi connectivity index (χ0) is 24.7. The van der Waals surface area contributed by atoms with E-state index in [2.05, 4.69) is 13.8 Å². The van der Waals surface area contributed by atoms with Crippen LogP contribution in [-0.4, -0.2) is 28.7 Å². The van der Waals surface area contributed by atoms with Crippen LogP contribution in [0, 0.1) is 0 Å². The van der Waals surface area contributed by atoms with Gasteiger partial charge in [0.05, 0.1) is 11.1 Å². The van der Waals surface area contributed by atoms with Gasteiger partial charge in [-0.05, 0) is 37.4 Å². The molecule has 4 N–H and O–H groups in total. The molecule has 1 aromatic carbocycles. The summed E-state index contributed by atoms with van der Waals surface area (Å²) in [6.07, 6.45) is 21.0. The quantitative estimate of drug-likeness (QED) is 0.181. The molecule has 0 aliphatic rings. The molecule has 0 radical (unpaired) electrons. The summed E-state index contributed by atoms with van der Waals surface area (Å²) in [5.41, 5.74) is 5.84. The van der Waals surface area contributed by atoms with Gasteiger partial charge in [-0.15, -0.1) is 0 Å². The van der Waals surface area contributed by atoms with Crippen molar-refractivity contribution < 1.29 is 19.8 Å². The molecule has 0 aliphatic carbocycles. The highest BCUT2D eigenvalue weighted by atomic mass is 16.4. The van der Waals surface area contributed by atoms with E-state index in [1.807, 2.05) is 0 Å². The van der Waals surface area contributed by atoms with E-state index in [0.29, 0.717) is 12.0 Å². The van der Waals surface area contributed by atoms with Gasteiger partial charge < -0.3 is 15.9 Å². The molecule has 0 unspecified atom stereocenters. The number of carboxylic acids is 2. The molecule has 0 bridgehead atoms. The number of carbonyl (C=O) groups is 2. The average Bonchev–Trinajstić information content (AvgIpc) is 2.80. The fraction of sp³-hybridized carbons (Fsp3) is 0.714. The lowest BCUT2D eigenvalue weighted by Crippen LogP contribution is -2.11. The van der Waals surface area contributed by atoms with Gasteiger partial charge in [0, 0.05) is 0 Å². The third kappa shape index (κ3) is 16.4. The Hall–Kier alpha value is -1.88. The van der Waals surface area contributed by atoms with E-state index in [9.17, 15) is 14.7 Å². The van der Waals surface area contributed by atoms with E-state index >= 15 is 0 Å². The van der Waals surface area contributed by atoms with E-state index in [4.69, 9.17) is 10.8 Å². The van der Waals surface area contributed by atoms with Crippen LogP contribution in [0.25, 0.3) is 0 Å². The number of aryl methyl sites for hydroxylation is 1. The maximum Gasteiger partial charge on any atom is 0.336 e. The predicted molar refractivity (Wildman–Crippen MR) is 138 cm³/mol. The molecule has 0 saturated heterocycles. The Labute approximate surface area is 202 Å². The first-order chi connectivity index (χ1) is 16.0. The van der Waals surface area contributed by atoms with Crippen molar-refractivity contribution in [3.8, 4) is 0 Å². The maximum atomic E-state index is 11.3. The van der Waals surface area contributed by atoms with Crippen molar-refractivity contribution in [1.29, 1.82) is 0 Å². The van der Waals surface area contributed by atoms with Crippen LogP contribution in [0.4, 0.5) is 0 Å². The summed E-state index contributed by atoms with van der Waals surface area (Å²) in [5.74, 6) is -2.34. The number of carboxylic acid groups (broad SMARTS) is 2. The number of unbranched alkanes of at least 4 members (excludes halogenated alkanes) is 14. The van der Waals surface area contributed by atoms with Crippen LogP contribution in [0.15, 0.2) is 18.2 Å². The first kappa shape index (κ1) is 31.1. The molecule has 33 heavy (non-hydrogen) atoms. The van der Waals surface area contributed by atoms with E-state index in [-0.39, 0.29) is 11.1 Å². The fourth-order valence-corrected chi connectivity index (χ4v) is 3.97. The predicted octanol–water partition coefficient (Wildman–Crippen LogP) is 7.85. The molecule has 5 heteroatoms. The minimum Gasteiger partial charge on any atom is -0.478 e. The van der Waals surface area contributed by atoms with Gasteiger partial charge in [-0.25, -0.2) is 9.59 Å². The van der Waals surface area contributed by atoms with E-state index < -0.39 is 11.9 Å². The van der Waals surface area contributed by atoms with Gasteiger partial charge in [0.25, 0.3) is 0 Å². The van der Waals surface area contributed by atoms with Gasteiger partial charge >= 0.3 is 11.9 Å². The van der Waals surface area contributed by atoms with E-state index in [1.165, 1.54) is 89.5 Å². The van der Waals surface area contributed by atoms with Crippen LogP contribution in [-0.2, 0) is 6.42 Å². The lowest BCUT2D eigenvalue weighted by atomic mass is 9.96. The third-order valence-electron chi connectivity index (χ3n) is 5.95. The molecule has 0 atom stereocenters. The molecule has 0 aromatic heterocycles. The van der Waals surface area contributed by atoms with Gasteiger partial charge in [-0.2, -0.15) is 0 Å². The van der Waals surface area contributed by atoms with Crippen LogP contribution in [0.1, 0.15) is 143 Å². The summed E-state index contributed by atoms with van der Waals surface area (Å²) < 4.78 is 0. The lowest BCUT2D eigenvalue weighted by Gasteiger charge is -2.09. The highest BCUT2D eigenvalue weighted by Gasteiger charge is 2.19. The Kier molecular flexibility index (Phi) is 20.7. The SMILES string of the molecule is CCCCCCCCCCN.CCCCCCCCCCc1cccc(C(=O)O)c1C(=O)O. The van der Waals surface area contributed by atoms with Crippen LogP contribution in [0.3, 0.4) is 0 Å². The molecule has 5 nitrogen and oxygen atoms in total. The summed E-state index contributed by atoms with van der Waals surface area (Å²) in [6.45, 7) is 5.33. The Morgan fingerprint density at radius 1 is 0.667 bits per heavy atom. The summed E-state index contributed by atoms with van der Waals surface area (Å²) >= 11 is 0. The largest absolute Gasteiger partial charge is 0.478 e. The minimum atomic E-state index is -1.19. The highest BCUT2D eigenvalue weighted by molar-refractivity contribution is 6.02. The van der Waals surface area contributed by atoms with E-state index in [1.54, 1.807) is 12.1 Å². The Bertz CT molecular complexity index is 622. The average molecular weight is 464 g/mol. The number of hydrogen-bond acceptors (Lipinski definition) is 3. The minimum absolute atomic E-state index is 0.0575. The van der Waals surface area contributed by atoms with E-state index in [0.717, 1.165) is 25.8 Å². The summed E-state index contributed by atoms with van der Waals surface area (Å²) in [5, 5.41) is 18.3. The van der Waals surface area contributed by atoms with Crippen molar-refractivity contribution in [2.24, 2.45) is 5.73 Å². The van der Waals surface area contributed by atoms with Crippen LogP contribution < -0.4 is 5.73 Å². The molecule has 0 heterocycles. The second kappa shape index (κ2) is 21.9. The summed E-state index contributed by atoms with van der Waals surface area (Å²) in [4.78, 5) is 22.4. The zero-order valence-corrected chi connectivity index (χ0v) is 21.2. The van der Waals surface area contributed by atoms with Gasteiger partial charge in [-0.1, -0.05) is 116 Å². The molecule has 0 spiro atoms. The van der Waals surface area contributed by atoms with Gasteiger partial charge in [0.15, 0.2) is 0 Å². The first-order valence-corrected chi connectivity index (χ1v) is 13.3. The van der Waals surface area contributed by atoms with Crippen molar-refractivity contribution in [2.75, 3.05) is 6.54 Å². The Morgan fingerprint density at radius 3 is 1.55 bits per heavy atom. The molecule has 0 saturated carbocycles. The van der Waals surface area contributed by atoms with Crippen molar-refractivity contribution in [2.45, 2.75) is 123 Å². The van der Waals surface area contributed by atoms with Gasteiger partial charge in [0.2, 0.25) is 0 Å². The van der Waals surface area contributed by atoms with Crippen molar-refractivity contribution >= 4 is 11.9 Å². The maximum absolute atomic E-state index is 11.3. The standard InChI is InChI=1S/C18H26O4.C10H23N/c1-2-3-4-5-6-7-8-9-11-14-12-10-13-15(17(19)20)16(14)18(21)22;1-2-3-4-5-6-7-8-9-10-11/h10,12-13H,2-9,11H2,1H3,(H,19,20)(H,21,22);2-11H2,1H3. The topological polar surface area (TPSA) is 101 Å². The van der Waals surface area contributed by atoms with Crippen LogP contribution in [0.5, 0.6) is 0 Å². The zero-order valence-electron chi connectivity index (χ0n) is 21.2. The van der Waals surface area contributed by atoms with Gasteiger partial charge in [0.1, 0.15) is 0 Å². The third-order valence-corrected chi connectivity index (χ3v) is 5.95. The molecular weight excluding hydrogens is 414 g/mol. The molecule has 1 rings (SSSR count). The molecule has 1 aromatic rings.